The molecule has 5 nitrogen and oxygen atoms in total. The highest BCUT2D eigenvalue weighted by atomic mass is 16.5. The van der Waals surface area contributed by atoms with Gasteiger partial charge in [0, 0.05) is 5.92 Å². The summed E-state index contributed by atoms with van der Waals surface area (Å²) in [5, 5.41) is 11.9. The molecule has 0 fully saturated rings. The number of hydrogen-bond donors (Lipinski definition) is 2. The lowest BCUT2D eigenvalue weighted by molar-refractivity contribution is -0.150. The minimum Gasteiger partial charge on any atom is -0.467 e. The molecule has 0 spiro atoms. The highest BCUT2D eigenvalue weighted by Gasteiger charge is 2.20. The van der Waals surface area contributed by atoms with Gasteiger partial charge in [-0.25, -0.2) is 4.79 Å². The van der Waals surface area contributed by atoms with Crippen molar-refractivity contribution in [3.63, 3.8) is 0 Å². The number of carbonyl (C=O) groups excluding carboxylic acids is 2. The molecule has 0 heterocycles. The molecular formula is C12H23NO4. The van der Waals surface area contributed by atoms with Gasteiger partial charge in [-0.15, -0.1) is 0 Å². The molecule has 1 amide bonds. The number of carbonyl (C=O) groups is 2. The molecule has 0 saturated heterocycles. The van der Waals surface area contributed by atoms with E-state index >= 15 is 0 Å². The first-order valence-electron chi connectivity index (χ1n) is 6.10. The van der Waals surface area contributed by atoms with Crippen molar-refractivity contribution in [2.45, 2.75) is 45.6 Å². The standard InChI is InChI=1S/C12H23NO4/c1-4-6-9(7-5-2)11(15)13-8-10(14)12(16)17-3/h9-10,14H,4-8H2,1-3H3,(H,13,15). The number of methoxy groups -OCH3 is 1. The van der Waals surface area contributed by atoms with Crippen LogP contribution in [-0.2, 0) is 14.3 Å². The van der Waals surface area contributed by atoms with Gasteiger partial charge < -0.3 is 15.2 Å². The quantitative estimate of drug-likeness (QED) is 0.622. The van der Waals surface area contributed by atoms with E-state index < -0.39 is 12.1 Å². The van der Waals surface area contributed by atoms with Crippen LogP contribution in [0, 0.1) is 5.92 Å². The van der Waals surface area contributed by atoms with E-state index in [1.54, 1.807) is 0 Å². The second-order valence-electron chi connectivity index (χ2n) is 4.06. The second-order valence-corrected chi connectivity index (χ2v) is 4.06. The Morgan fingerprint density at radius 1 is 1.24 bits per heavy atom. The summed E-state index contributed by atoms with van der Waals surface area (Å²) in [5.41, 5.74) is 0. The molecule has 1 atom stereocenters. The first-order chi connectivity index (χ1) is 8.06. The highest BCUT2D eigenvalue weighted by Crippen LogP contribution is 2.13. The lowest BCUT2D eigenvalue weighted by Crippen LogP contribution is -2.40. The molecule has 0 bridgehead atoms. The maximum Gasteiger partial charge on any atom is 0.336 e. The first-order valence-corrected chi connectivity index (χ1v) is 6.10. The number of aliphatic hydroxyl groups excluding tert-OH is 1. The van der Waals surface area contributed by atoms with Crippen molar-refractivity contribution in [2.24, 2.45) is 5.92 Å². The molecule has 0 aliphatic rings. The average Bonchev–Trinajstić information content (AvgIpc) is 2.34. The highest BCUT2D eigenvalue weighted by molar-refractivity contribution is 5.80. The van der Waals surface area contributed by atoms with Crippen LogP contribution in [-0.4, -0.2) is 36.7 Å². The van der Waals surface area contributed by atoms with Crippen LogP contribution in [0.2, 0.25) is 0 Å². The Hall–Kier alpha value is -1.10. The normalized spacial score (nSPS) is 12.3. The van der Waals surface area contributed by atoms with Crippen LogP contribution in [0.25, 0.3) is 0 Å². The lowest BCUT2D eigenvalue weighted by atomic mass is 9.97. The largest absolute Gasteiger partial charge is 0.467 e. The van der Waals surface area contributed by atoms with Crippen LogP contribution < -0.4 is 5.32 Å². The van der Waals surface area contributed by atoms with Crippen molar-refractivity contribution in [2.75, 3.05) is 13.7 Å². The van der Waals surface area contributed by atoms with Crippen LogP contribution in [0.15, 0.2) is 0 Å². The first kappa shape index (κ1) is 15.9. The maximum atomic E-state index is 11.8. The van der Waals surface area contributed by atoms with Gasteiger partial charge in [0.15, 0.2) is 6.10 Å². The fourth-order valence-electron chi connectivity index (χ4n) is 1.66. The topological polar surface area (TPSA) is 75.6 Å². The lowest BCUT2D eigenvalue weighted by Gasteiger charge is -2.16. The number of nitrogens with one attached hydrogen (secondary N) is 1. The molecule has 0 aromatic heterocycles. The molecule has 0 radical (unpaired) electrons. The number of rotatable bonds is 8. The maximum absolute atomic E-state index is 11.8. The number of esters is 1. The van der Waals surface area contributed by atoms with E-state index in [0.717, 1.165) is 25.7 Å². The molecule has 2 N–H and O–H groups in total. The molecule has 0 aromatic carbocycles. The summed E-state index contributed by atoms with van der Waals surface area (Å²) >= 11 is 0. The Kier molecular flexibility index (Phi) is 8.40. The van der Waals surface area contributed by atoms with E-state index in [1.165, 1.54) is 7.11 Å². The zero-order valence-electron chi connectivity index (χ0n) is 10.9. The van der Waals surface area contributed by atoms with Crippen LogP contribution in [0.4, 0.5) is 0 Å². The van der Waals surface area contributed by atoms with E-state index in [2.05, 4.69) is 10.1 Å². The van der Waals surface area contributed by atoms with Crippen LogP contribution in [0.5, 0.6) is 0 Å². The molecule has 0 saturated carbocycles. The predicted molar refractivity (Wildman–Crippen MR) is 64.3 cm³/mol. The van der Waals surface area contributed by atoms with E-state index in [1.807, 2.05) is 13.8 Å². The van der Waals surface area contributed by atoms with Crippen LogP contribution >= 0.6 is 0 Å². The van der Waals surface area contributed by atoms with Crippen molar-refractivity contribution in [1.29, 1.82) is 0 Å². The molecular weight excluding hydrogens is 222 g/mol. The molecule has 100 valence electrons. The summed E-state index contributed by atoms with van der Waals surface area (Å²) in [6, 6.07) is 0. The minimum atomic E-state index is -1.28. The van der Waals surface area contributed by atoms with Crippen molar-refractivity contribution < 1.29 is 19.4 Å². The van der Waals surface area contributed by atoms with Crippen LogP contribution in [0.3, 0.4) is 0 Å². The van der Waals surface area contributed by atoms with E-state index in [-0.39, 0.29) is 18.4 Å². The monoisotopic (exact) mass is 245 g/mol. The Morgan fingerprint density at radius 2 is 1.76 bits per heavy atom. The van der Waals surface area contributed by atoms with Gasteiger partial charge in [-0.05, 0) is 12.8 Å². The summed E-state index contributed by atoms with van der Waals surface area (Å²) in [6.45, 7) is 3.97. The SMILES string of the molecule is CCCC(CCC)C(=O)NCC(O)C(=O)OC. The van der Waals surface area contributed by atoms with Crippen molar-refractivity contribution >= 4 is 11.9 Å². The number of amides is 1. The molecule has 0 aromatic rings. The van der Waals surface area contributed by atoms with Crippen molar-refractivity contribution in [3.05, 3.63) is 0 Å². The summed E-state index contributed by atoms with van der Waals surface area (Å²) in [6.07, 6.45) is 2.25. The summed E-state index contributed by atoms with van der Waals surface area (Å²) in [4.78, 5) is 22.7. The number of aliphatic hydroxyl groups is 1. The number of ether oxygens (including phenoxy) is 1. The summed E-state index contributed by atoms with van der Waals surface area (Å²) in [7, 11) is 1.20. The third-order valence-corrected chi connectivity index (χ3v) is 2.59. The van der Waals surface area contributed by atoms with Gasteiger partial charge >= 0.3 is 5.97 Å². The second kappa shape index (κ2) is 8.98. The van der Waals surface area contributed by atoms with E-state index in [4.69, 9.17) is 0 Å². The van der Waals surface area contributed by atoms with Gasteiger partial charge in [0.2, 0.25) is 5.91 Å². The summed E-state index contributed by atoms with van der Waals surface area (Å²) < 4.78 is 4.36. The zero-order chi connectivity index (χ0) is 13.3. The predicted octanol–water partition coefficient (Wildman–Crippen LogP) is 0.853. The zero-order valence-corrected chi connectivity index (χ0v) is 10.9. The van der Waals surface area contributed by atoms with Crippen molar-refractivity contribution in [1.82, 2.24) is 5.32 Å². The summed E-state index contributed by atoms with van der Waals surface area (Å²) in [5.74, 6) is -0.862. The van der Waals surface area contributed by atoms with Gasteiger partial charge in [0.25, 0.3) is 0 Å². The number of hydrogen-bond acceptors (Lipinski definition) is 4. The molecule has 0 aliphatic heterocycles. The Bertz CT molecular complexity index is 237. The van der Waals surface area contributed by atoms with Gasteiger partial charge in [-0.3, -0.25) is 4.79 Å². The van der Waals surface area contributed by atoms with Gasteiger partial charge in [0.1, 0.15) is 0 Å². The fraction of sp³-hybridized carbons (Fsp3) is 0.833. The van der Waals surface area contributed by atoms with E-state index in [9.17, 15) is 14.7 Å². The molecule has 0 rings (SSSR count). The minimum absolute atomic E-state index is 0.0325. The fourth-order valence-corrected chi connectivity index (χ4v) is 1.66. The van der Waals surface area contributed by atoms with Gasteiger partial charge in [-0.2, -0.15) is 0 Å². The third-order valence-electron chi connectivity index (χ3n) is 2.59. The Morgan fingerprint density at radius 3 is 2.18 bits per heavy atom. The van der Waals surface area contributed by atoms with E-state index in [0.29, 0.717) is 0 Å². The molecule has 0 aliphatic carbocycles. The van der Waals surface area contributed by atoms with Gasteiger partial charge in [-0.1, -0.05) is 26.7 Å². The Balaban J connectivity index is 4.08. The van der Waals surface area contributed by atoms with Crippen molar-refractivity contribution in [3.8, 4) is 0 Å². The Labute approximate surface area is 103 Å². The molecule has 17 heavy (non-hydrogen) atoms. The van der Waals surface area contributed by atoms with Gasteiger partial charge in [0.05, 0.1) is 13.7 Å². The molecule has 5 heteroatoms. The smallest absolute Gasteiger partial charge is 0.336 e. The third kappa shape index (κ3) is 6.26. The average molecular weight is 245 g/mol. The van der Waals surface area contributed by atoms with Crippen LogP contribution in [0.1, 0.15) is 39.5 Å². The molecule has 1 unspecified atom stereocenters.